The van der Waals surface area contributed by atoms with Crippen LogP contribution in [0.4, 0.5) is 5.69 Å². The monoisotopic (exact) mass is 292 g/mol. The van der Waals surface area contributed by atoms with E-state index in [1.54, 1.807) is 45.3 Å². The third-order valence-electron chi connectivity index (χ3n) is 3.36. The lowest BCUT2D eigenvalue weighted by atomic mass is 9.95. The number of amides is 2. The Bertz CT molecular complexity index is 537. The average Bonchev–Trinajstić information content (AvgIpc) is 2.45. The molecule has 1 aromatic rings. The Kier molecular flexibility index (Phi) is 5.46. The third-order valence-corrected chi connectivity index (χ3v) is 3.36. The predicted octanol–water partition coefficient (Wildman–Crippen LogP) is 1.68. The highest BCUT2D eigenvalue weighted by Gasteiger charge is 2.25. The number of carbonyl (C=O) groups excluding carboxylic acids is 2. The van der Waals surface area contributed by atoms with E-state index < -0.39 is 17.8 Å². The van der Waals surface area contributed by atoms with Gasteiger partial charge in [0.05, 0.1) is 5.92 Å². The van der Waals surface area contributed by atoms with Crippen LogP contribution < -0.4 is 5.32 Å². The minimum atomic E-state index is -1.01. The molecule has 0 aliphatic heterocycles. The molecule has 0 spiro atoms. The van der Waals surface area contributed by atoms with Gasteiger partial charge in [0, 0.05) is 31.3 Å². The van der Waals surface area contributed by atoms with Crippen LogP contribution in [0.5, 0.6) is 0 Å². The highest BCUT2D eigenvalue weighted by Crippen LogP contribution is 2.16. The van der Waals surface area contributed by atoms with Gasteiger partial charge in [0.25, 0.3) is 5.91 Å². The summed E-state index contributed by atoms with van der Waals surface area (Å²) in [4.78, 5) is 36.0. The molecule has 2 amide bonds. The second kappa shape index (κ2) is 6.88. The summed E-state index contributed by atoms with van der Waals surface area (Å²) in [6.45, 7) is 3.06. The number of nitrogens with one attached hydrogen (secondary N) is 1. The standard InChI is InChI=1S/C15H20N2O4/c1-9(10(2)15(20)21)13(18)16-12-7-5-11(6-8-12)14(19)17(3)4/h5-10H,1-4H3,(H,16,18)(H,20,21). The van der Waals surface area contributed by atoms with Gasteiger partial charge in [-0.25, -0.2) is 0 Å². The Labute approximate surface area is 123 Å². The molecule has 2 atom stereocenters. The Morgan fingerprint density at radius 3 is 2.00 bits per heavy atom. The van der Waals surface area contributed by atoms with Crippen molar-refractivity contribution in [2.75, 3.05) is 19.4 Å². The number of aliphatic carboxylic acids is 1. The van der Waals surface area contributed by atoms with Crippen LogP contribution in [0.15, 0.2) is 24.3 Å². The number of benzene rings is 1. The fraction of sp³-hybridized carbons (Fsp3) is 0.400. The molecule has 0 heterocycles. The van der Waals surface area contributed by atoms with Crippen LogP contribution in [0.1, 0.15) is 24.2 Å². The maximum Gasteiger partial charge on any atom is 0.307 e. The number of carboxylic acid groups (broad SMARTS) is 1. The van der Waals surface area contributed by atoms with Crippen molar-refractivity contribution in [1.29, 1.82) is 0 Å². The van der Waals surface area contributed by atoms with E-state index in [0.29, 0.717) is 11.3 Å². The van der Waals surface area contributed by atoms with Gasteiger partial charge in [-0.3, -0.25) is 14.4 Å². The molecule has 2 unspecified atom stereocenters. The zero-order valence-corrected chi connectivity index (χ0v) is 12.6. The molecule has 1 aromatic carbocycles. The fourth-order valence-corrected chi connectivity index (χ4v) is 1.65. The normalized spacial score (nSPS) is 13.1. The largest absolute Gasteiger partial charge is 0.481 e. The maximum atomic E-state index is 11.9. The lowest BCUT2D eigenvalue weighted by molar-refractivity contribution is -0.145. The molecule has 0 fully saturated rings. The van der Waals surface area contributed by atoms with E-state index in [1.807, 2.05) is 0 Å². The van der Waals surface area contributed by atoms with Crippen molar-refractivity contribution in [3.8, 4) is 0 Å². The van der Waals surface area contributed by atoms with E-state index in [2.05, 4.69) is 5.32 Å². The first-order valence-corrected chi connectivity index (χ1v) is 6.59. The van der Waals surface area contributed by atoms with Crippen LogP contribution in [-0.4, -0.2) is 41.9 Å². The van der Waals surface area contributed by atoms with E-state index in [-0.39, 0.29) is 11.8 Å². The molecule has 0 aliphatic carbocycles. The molecular weight excluding hydrogens is 272 g/mol. The summed E-state index contributed by atoms with van der Waals surface area (Å²) in [5.41, 5.74) is 1.05. The second-order valence-corrected chi connectivity index (χ2v) is 5.18. The number of rotatable bonds is 5. The molecule has 0 bridgehead atoms. The molecule has 0 radical (unpaired) electrons. The lowest BCUT2D eigenvalue weighted by Gasteiger charge is -2.16. The van der Waals surface area contributed by atoms with Crippen LogP contribution in [-0.2, 0) is 9.59 Å². The Morgan fingerprint density at radius 2 is 1.57 bits per heavy atom. The molecule has 114 valence electrons. The van der Waals surface area contributed by atoms with Crippen LogP contribution in [0, 0.1) is 11.8 Å². The van der Waals surface area contributed by atoms with Gasteiger partial charge in [-0.1, -0.05) is 13.8 Å². The summed E-state index contributed by atoms with van der Waals surface area (Å²) < 4.78 is 0. The van der Waals surface area contributed by atoms with E-state index in [4.69, 9.17) is 5.11 Å². The lowest BCUT2D eigenvalue weighted by Crippen LogP contribution is -2.30. The first-order valence-electron chi connectivity index (χ1n) is 6.59. The molecule has 0 saturated carbocycles. The highest BCUT2D eigenvalue weighted by molar-refractivity contribution is 5.96. The topological polar surface area (TPSA) is 86.7 Å². The molecule has 6 nitrogen and oxygen atoms in total. The van der Waals surface area contributed by atoms with Crippen molar-refractivity contribution in [3.63, 3.8) is 0 Å². The fourth-order valence-electron chi connectivity index (χ4n) is 1.65. The van der Waals surface area contributed by atoms with Crippen molar-refractivity contribution in [2.24, 2.45) is 11.8 Å². The quantitative estimate of drug-likeness (QED) is 0.864. The van der Waals surface area contributed by atoms with Crippen molar-refractivity contribution >= 4 is 23.5 Å². The van der Waals surface area contributed by atoms with Crippen LogP contribution in [0.25, 0.3) is 0 Å². The average molecular weight is 292 g/mol. The van der Waals surface area contributed by atoms with Crippen LogP contribution in [0.3, 0.4) is 0 Å². The third kappa shape index (κ3) is 4.30. The number of hydrogen-bond donors (Lipinski definition) is 2. The van der Waals surface area contributed by atoms with Gasteiger partial charge in [-0.2, -0.15) is 0 Å². The van der Waals surface area contributed by atoms with E-state index in [0.717, 1.165) is 0 Å². The van der Waals surface area contributed by atoms with Crippen molar-refractivity contribution in [3.05, 3.63) is 29.8 Å². The Hall–Kier alpha value is -2.37. The van der Waals surface area contributed by atoms with E-state index in [1.165, 1.54) is 11.8 Å². The number of carbonyl (C=O) groups is 3. The highest BCUT2D eigenvalue weighted by atomic mass is 16.4. The summed E-state index contributed by atoms with van der Waals surface area (Å²) in [7, 11) is 3.32. The zero-order valence-electron chi connectivity index (χ0n) is 12.6. The van der Waals surface area contributed by atoms with Gasteiger partial charge >= 0.3 is 5.97 Å². The van der Waals surface area contributed by atoms with Gasteiger partial charge < -0.3 is 15.3 Å². The summed E-state index contributed by atoms with van der Waals surface area (Å²) in [6.07, 6.45) is 0. The number of hydrogen-bond acceptors (Lipinski definition) is 3. The van der Waals surface area contributed by atoms with Crippen molar-refractivity contribution < 1.29 is 19.5 Å². The van der Waals surface area contributed by atoms with Gasteiger partial charge in [0.1, 0.15) is 0 Å². The molecule has 6 heteroatoms. The Balaban J connectivity index is 2.74. The molecule has 0 saturated heterocycles. The molecule has 21 heavy (non-hydrogen) atoms. The molecule has 2 N–H and O–H groups in total. The summed E-state index contributed by atoms with van der Waals surface area (Å²) in [6, 6.07) is 6.46. The summed E-state index contributed by atoms with van der Waals surface area (Å²) >= 11 is 0. The smallest absolute Gasteiger partial charge is 0.307 e. The van der Waals surface area contributed by atoms with Crippen molar-refractivity contribution in [2.45, 2.75) is 13.8 Å². The Morgan fingerprint density at radius 1 is 1.05 bits per heavy atom. The molecule has 0 aliphatic rings. The van der Waals surface area contributed by atoms with Gasteiger partial charge in [-0.15, -0.1) is 0 Å². The van der Waals surface area contributed by atoms with Crippen LogP contribution >= 0.6 is 0 Å². The summed E-state index contributed by atoms with van der Waals surface area (Å²) in [5.74, 6) is -2.91. The van der Waals surface area contributed by atoms with Gasteiger partial charge in [0.15, 0.2) is 0 Å². The molecular formula is C15H20N2O4. The minimum absolute atomic E-state index is 0.124. The van der Waals surface area contributed by atoms with Crippen molar-refractivity contribution in [1.82, 2.24) is 4.90 Å². The number of nitrogens with zero attached hydrogens (tertiary/aromatic N) is 1. The van der Waals surface area contributed by atoms with Gasteiger partial charge in [-0.05, 0) is 24.3 Å². The summed E-state index contributed by atoms with van der Waals surface area (Å²) in [5, 5.41) is 11.5. The van der Waals surface area contributed by atoms with E-state index >= 15 is 0 Å². The van der Waals surface area contributed by atoms with E-state index in [9.17, 15) is 14.4 Å². The molecule has 1 rings (SSSR count). The maximum absolute atomic E-state index is 11.9. The number of anilines is 1. The first-order chi connectivity index (χ1) is 9.73. The first kappa shape index (κ1) is 16.7. The van der Waals surface area contributed by atoms with Crippen LogP contribution in [0.2, 0.25) is 0 Å². The molecule has 0 aromatic heterocycles. The second-order valence-electron chi connectivity index (χ2n) is 5.18. The SMILES string of the molecule is CC(C(=O)O)C(C)C(=O)Nc1ccc(C(=O)N(C)C)cc1. The minimum Gasteiger partial charge on any atom is -0.481 e. The predicted molar refractivity (Wildman–Crippen MR) is 79.1 cm³/mol. The number of carboxylic acids is 1. The zero-order chi connectivity index (χ0) is 16.2. The van der Waals surface area contributed by atoms with Gasteiger partial charge in [0.2, 0.25) is 5.91 Å².